The van der Waals surface area contributed by atoms with Crippen LogP contribution in [-0.4, -0.2) is 23.0 Å². The van der Waals surface area contributed by atoms with Gasteiger partial charge < -0.3 is 14.5 Å². The van der Waals surface area contributed by atoms with Gasteiger partial charge >= 0.3 is 0 Å². The fourth-order valence-corrected chi connectivity index (χ4v) is 3.72. The van der Waals surface area contributed by atoms with Crippen molar-refractivity contribution in [3.63, 3.8) is 0 Å². The van der Waals surface area contributed by atoms with E-state index in [-0.39, 0.29) is 11.9 Å². The standard InChI is InChI=1S/C27H21N3O3/c1-32-22-9-5-8-21(16-22)27-29-23-11-10-20(17-24(23)33-27)26(31)30-25(18-6-3-2-4-7-18)19-12-14-28-15-13-19/h2-17,25H,1H3,(H,30,31)/t25-/m1/s1. The Bertz CT molecular complexity index is 1360. The van der Waals surface area contributed by atoms with E-state index in [1.165, 1.54) is 0 Å². The summed E-state index contributed by atoms with van der Waals surface area (Å²) in [5.74, 6) is 0.986. The van der Waals surface area contributed by atoms with Crippen LogP contribution in [0.2, 0.25) is 0 Å². The van der Waals surface area contributed by atoms with Crippen LogP contribution in [0.1, 0.15) is 27.5 Å². The van der Waals surface area contributed by atoms with Gasteiger partial charge in [-0.3, -0.25) is 9.78 Å². The van der Waals surface area contributed by atoms with Gasteiger partial charge in [-0.15, -0.1) is 0 Å². The van der Waals surface area contributed by atoms with Crippen molar-refractivity contribution in [1.82, 2.24) is 15.3 Å². The fourth-order valence-electron chi connectivity index (χ4n) is 3.72. The van der Waals surface area contributed by atoms with E-state index in [4.69, 9.17) is 9.15 Å². The summed E-state index contributed by atoms with van der Waals surface area (Å²) in [6, 6.07) is 26.1. The fraction of sp³-hybridized carbons (Fsp3) is 0.0741. The lowest BCUT2D eigenvalue weighted by Crippen LogP contribution is -2.29. The van der Waals surface area contributed by atoms with Crippen molar-refractivity contribution in [2.24, 2.45) is 0 Å². The second-order valence-electron chi connectivity index (χ2n) is 7.53. The van der Waals surface area contributed by atoms with E-state index in [0.29, 0.717) is 22.6 Å². The van der Waals surface area contributed by atoms with E-state index >= 15 is 0 Å². The van der Waals surface area contributed by atoms with Crippen LogP contribution < -0.4 is 10.1 Å². The maximum absolute atomic E-state index is 13.2. The average Bonchev–Trinajstić information content (AvgIpc) is 3.32. The van der Waals surface area contributed by atoms with E-state index < -0.39 is 0 Å². The lowest BCUT2D eigenvalue weighted by Gasteiger charge is -2.19. The zero-order valence-corrected chi connectivity index (χ0v) is 17.9. The highest BCUT2D eigenvalue weighted by Gasteiger charge is 2.19. The maximum Gasteiger partial charge on any atom is 0.252 e. The molecule has 0 aliphatic carbocycles. The molecule has 3 aromatic carbocycles. The molecule has 6 nitrogen and oxygen atoms in total. The molecule has 0 saturated heterocycles. The van der Waals surface area contributed by atoms with Gasteiger partial charge in [-0.2, -0.15) is 0 Å². The van der Waals surface area contributed by atoms with Crippen molar-refractivity contribution < 1.29 is 13.9 Å². The molecule has 33 heavy (non-hydrogen) atoms. The summed E-state index contributed by atoms with van der Waals surface area (Å²) in [6.07, 6.45) is 3.44. The predicted molar refractivity (Wildman–Crippen MR) is 126 cm³/mol. The second-order valence-corrected chi connectivity index (χ2v) is 7.53. The predicted octanol–water partition coefficient (Wildman–Crippen LogP) is 5.42. The smallest absolute Gasteiger partial charge is 0.252 e. The number of aromatic nitrogens is 2. The van der Waals surface area contributed by atoms with Crippen molar-refractivity contribution in [2.45, 2.75) is 6.04 Å². The molecule has 2 heterocycles. The van der Waals surface area contributed by atoms with Crippen molar-refractivity contribution in [3.8, 4) is 17.2 Å². The first kappa shape index (κ1) is 20.5. The van der Waals surface area contributed by atoms with Gasteiger partial charge in [-0.05, 0) is 59.7 Å². The zero-order chi connectivity index (χ0) is 22.6. The van der Waals surface area contributed by atoms with Gasteiger partial charge in [0, 0.05) is 23.5 Å². The van der Waals surface area contributed by atoms with Crippen LogP contribution in [0.25, 0.3) is 22.6 Å². The molecule has 5 aromatic rings. The summed E-state index contributed by atoms with van der Waals surface area (Å²) in [6.45, 7) is 0. The highest BCUT2D eigenvalue weighted by atomic mass is 16.5. The summed E-state index contributed by atoms with van der Waals surface area (Å²) in [5, 5.41) is 3.14. The minimum Gasteiger partial charge on any atom is -0.497 e. The minimum absolute atomic E-state index is 0.207. The Hall–Kier alpha value is -4.45. The molecule has 162 valence electrons. The van der Waals surface area contributed by atoms with Crippen LogP contribution in [-0.2, 0) is 0 Å². The molecule has 0 bridgehead atoms. The topological polar surface area (TPSA) is 77.2 Å². The first-order chi connectivity index (χ1) is 16.2. The van der Waals surface area contributed by atoms with Crippen LogP contribution in [0, 0.1) is 0 Å². The van der Waals surface area contributed by atoms with Crippen LogP contribution >= 0.6 is 0 Å². The van der Waals surface area contributed by atoms with Crippen molar-refractivity contribution in [1.29, 1.82) is 0 Å². The molecule has 1 N–H and O–H groups in total. The van der Waals surface area contributed by atoms with Crippen molar-refractivity contribution >= 4 is 17.0 Å². The zero-order valence-electron chi connectivity index (χ0n) is 17.9. The molecule has 0 saturated carbocycles. The molecule has 2 aromatic heterocycles. The van der Waals surface area contributed by atoms with E-state index in [9.17, 15) is 4.79 Å². The van der Waals surface area contributed by atoms with Gasteiger partial charge in [0.15, 0.2) is 5.58 Å². The Kier molecular flexibility index (Phi) is 5.55. The summed E-state index contributed by atoms with van der Waals surface area (Å²) >= 11 is 0. The Labute approximate surface area is 190 Å². The number of oxazole rings is 1. The van der Waals surface area contributed by atoms with E-state index in [1.54, 1.807) is 37.7 Å². The lowest BCUT2D eigenvalue weighted by atomic mass is 9.99. The van der Waals surface area contributed by atoms with Gasteiger partial charge in [0.05, 0.1) is 13.2 Å². The number of ether oxygens (including phenoxy) is 1. The van der Waals surface area contributed by atoms with Crippen LogP contribution in [0.5, 0.6) is 5.75 Å². The minimum atomic E-state index is -0.306. The number of carbonyl (C=O) groups excluding carboxylic acids is 1. The van der Waals surface area contributed by atoms with E-state index in [1.807, 2.05) is 66.7 Å². The number of hydrogen-bond acceptors (Lipinski definition) is 5. The second kappa shape index (κ2) is 8.96. The van der Waals surface area contributed by atoms with Crippen LogP contribution in [0.15, 0.2) is 102 Å². The third-order valence-electron chi connectivity index (χ3n) is 5.42. The number of fused-ring (bicyclic) bond motifs is 1. The molecule has 0 spiro atoms. The van der Waals surface area contributed by atoms with Gasteiger partial charge in [-0.1, -0.05) is 36.4 Å². The molecular weight excluding hydrogens is 414 g/mol. The molecule has 0 radical (unpaired) electrons. The molecule has 0 aliphatic rings. The highest BCUT2D eigenvalue weighted by molar-refractivity contribution is 5.97. The van der Waals surface area contributed by atoms with Gasteiger partial charge in [-0.25, -0.2) is 4.98 Å². The van der Waals surface area contributed by atoms with E-state index in [0.717, 1.165) is 22.4 Å². The average molecular weight is 435 g/mol. The maximum atomic E-state index is 13.2. The molecule has 0 fully saturated rings. The number of amides is 1. The molecular formula is C27H21N3O3. The number of benzene rings is 3. The van der Waals surface area contributed by atoms with Gasteiger partial charge in [0.1, 0.15) is 11.3 Å². The van der Waals surface area contributed by atoms with Crippen molar-refractivity contribution in [2.75, 3.05) is 7.11 Å². The SMILES string of the molecule is COc1cccc(-c2nc3ccc(C(=O)N[C@H](c4ccccc4)c4ccncc4)cc3o2)c1. The summed E-state index contributed by atoms with van der Waals surface area (Å²) in [4.78, 5) is 21.8. The number of pyridine rings is 1. The third kappa shape index (κ3) is 4.32. The Balaban J connectivity index is 1.45. The van der Waals surface area contributed by atoms with Crippen molar-refractivity contribution in [3.05, 3.63) is 114 Å². The molecule has 6 heteroatoms. The summed E-state index contributed by atoms with van der Waals surface area (Å²) in [5.41, 5.74) is 4.45. The number of methoxy groups -OCH3 is 1. The number of hydrogen-bond donors (Lipinski definition) is 1. The molecule has 0 unspecified atom stereocenters. The lowest BCUT2D eigenvalue weighted by molar-refractivity contribution is 0.0943. The van der Waals surface area contributed by atoms with Gasteiger partial charge in [0.25, 0.3) is 5.91 Å². The quantitative estimate of drug-likeness (QED) is 0.385. The monoisotopic (exact) mass is 435 g/mol. The largest absolute Gasteiger partial charge is 0.497 e. The number of carbonyl (C=O) groups is 1. The van der Waals surface area contributed by atoms with E-state index in [2.05, 4.69) is 15.3 Å². The number of rotatable bonds is 6. The molecule has 1 atom stereocenters. The molecule has 5 rings (SSSR count). The normalized spacial score (nSPS) is 11.8. The first-order valence-electron chi connectivity index (χ1n) is 10.5. The molecule has 1 amide bonds. The molecule has 0 aliphatic heterocycles. The number of nitrogens with zero attached hydrogens (tertiary/aromatic N) is 2. The highest BCUT2D eigenvalue weighted by Crippen LogP contribution is 2.28. The summed E-state index contributed by atoms with van der Waals surface area (Å²) < 4.78 is 11.2. The van der Waals surface area contributed by atoms with Gasteiger partial charge in [0.2, 0.25) is 5.89 Å². The number of nitrogens with one attached hydrogen (secondary N) is 1. The Morgan fingerprint density at radius 3 is 2.48 bits per heavy atom. The third-order valence-corrected chi connectivity index (χ3v) is 5.42. The Morgan fingerprint density at radius 2 is 1.70 bits per heavy atom. The van der Waals surface area contributed by atoms with Crippen LogP contribution in [0.3, 0.4) is 0 Å². The summed E-state index contributed by atoms with van der Waals surface area (Å²) in [7, 11) is 1.62. The van der Waals surface area contributed by atoms with Crippen LogP contribution in [0.4, 0.5) is 0 Å². The Morgan fingerprint density at radius 1 is 0.909 bits per heavy atom. The first-order valence-corrected chi connectivity index (χ1v) is 10.5.